The number of rotatable bonds is 4. The van der Waals surface area contributed by atoms with Crippen molar-refractivity contribution >= 4 is 23.2 Å². The number of hydrazone groups is 1. The standard InChI is InChI=1S/C15H14N4O2/c1-21-13-8-4-5-10(14(13)20)9-16-19-15-17-11-6-2-3-7-12(11)18-15/h2-9,20H,1H3,(H2,17,18,19)/b16-9-. The van der Waals surface area contributed by atoms with E-state index in [9.17, 15) is 5.11 Å². The molecule has 0 bridgehead atoms. The summed E-state index contributed by atoms with van der Waals surface area (Å²) in [4.78, 5) is 7.43. The van der Waals surface area contributed by atoms with E-state index in [1.54, 1.807) is 18.2 Å². The summed E-state index contributed by atoms with van der Waals surface area (Å²) in [6.07, 6.45) is 1.50. The number of fused-ring (bicyclic) bond motifs is 1. The molecule has 1 heterocycles. The Morgan fingerprint density at radius 3 is 2.90 bits per heavy atom. The first-order valence-electron chi connectivity index (χ1n) is 6.38. The summed E-state index contributed by atoms with van der Waals surface area (Å²) < 4.78 is 5.04. The summed E-state index contributed by atoms with van der Waals surface area (Å²) in [6.45, 7) is 0. The van der Waals surface area contributed by atoms with Crippen LogP contribution in [0.15, 0.2) is 47.6 Å². The van der Waals surface area contributed by atoms with E-state index in [0.29, 0.717) is 17.3 Å². The van der Waals surface area contributed by atoms with Crippen LogP contribution in [0.5, 0.6) is 11.5 Å². The quantitative estimate of drug-likeness (QED) is 0.507. The Labute approximate surface area is 121 Å². The van der Waals surface area contributed by atoms with Crippen LogP contribution in [0.25, 0.3) is 11.0 Å². The Bertz CT molecular complexity index is 762. The molecule has 21 heavy (non-hydrogen) atoms. The van der Waals surface area contributed by atoms with Crippen molar-refractivity contribution in [1.29, 1.82) is 0 Å². The molecule has 6 heteroatoms. The van der Waals surface area contributed by atoms with Crippen LogP contribution in [0, 0.1) is 0 Å². The number of imidazole rings is 1. The van der Waals surface area contributed by atoms with Crippen molar-refractivity contribution in [3.8, 4) is 11.5 Å². The maximum Gasteiger partial charge on any atom is 0.222 e. The van der Waals surface area contributed by atoms with E-state index in [4.69, 9.17) is 4.74 Å². The lowest BCUT2D eigenvalue weighted by Crippen LogP contribution is -1.93. The number of H-pyrrole nitrogens is 1. The normalized spacial score (nSPS) is 11.1. The highest BCUT2D eigenvalue weighted by Gasteiger charge is 2.05. The molecule has 106 valence electrons. The number of anilines is 1. The molecule has 6 nitrogen and oxygen atoms in total. The lowest BCUT2D eigenvalue weighted by atomic mass is 10.2. The van der Waals surface area contributed by atoms with E-state index < -0.39 is 0 Å². The minimum atomic E-state index is 0.0511. The Hall–Kier alpha value is -3.02. The van der Waals surface area contributed by atoms with E-state index in [2.05, 4.69) is 20.5 Å². The van der Waals surface area contributed by atoms with Gasteiger partial charge in [0.15, 0.2) is 11.5 Å². The van der Waals surface area contributed by atoms with Gasteiger partial charge in [0, 0.05) is 5.56 Å². The van der Waals surface area contributed by atoms with E-state index in [-0.39, 0.29) is 5.75 Å². The topological polar surface area (TPSA) is 82.5 Å². The molecule has 0 fully saturated rings. The summed E-state index contributed by atoms with van der Waals surface area (Å²) in [5.74, 6) is 0.993. The Balaban J connectivity index is 1.78. The number of hydrogen-bond donors (Lipinski definition) is 3. The van der Waals surface area contributed by atoms with Crippen LogP contribution < -0.4 is 10.2 Å². The molecule has 3 aromatic rings. The van der Waals surface area contributed by atoms with Crippen LogP contribution in [0.3, 0.4) is 0 Å². The number of benzene rings is 2. The van der Waals surface area contributed by atoms with Crippen molar-refractivity contribution in [3.05, 3.63) is 48.0 Å². The first-order chi connectivity index (χ1) is 10.3. The molecule has 0 saturated carbocycles. The summed E-state index contributed by atoms with van der Waals surface area (Å²) >= 11 is 0. The van der Waals surface area contributed by atoms with Gasteiger partial charge in [0.25, 0.3) is 0 Å². The van der Waals surface area contributed by atoms with E-state index in [0.717, 1.165) is 11.0 Å². The van der Waals surface area contributed by atoms with Gasteiger partial charge >= 0.3 is 0 Å². The molecule has 0 aliphatic carbocycles. The lowest BCUT2D eigenvalue weighted by molar-refractivity contribution is 0.373. The van der Waals surface area contributed by atoms with Gasteiger partial charge in [-0.15, -0.1) is 0 Å². The number of nitrogens with one attached hydrogen (secondary N) is 2. The number of phenols is 1. The number of aromatic amines is 1. The SMILES string of the molecule is COc1cccc(/C=N\Nc2nc3ccccc3[nH]2)c1O. The predicted molar refractivity (Wildman–Crippen MR) is 82.0 cm³/mol. The zero-order valence-corrected chi connectivity index (χ0v) is 11.4. The van der Waals surface area contributed by atoms with Crippen LogP contribution in [-0.4, -0.2) is 28.4 Å². The highest BCUT2D eigenvalue weighted by molar-refractivity contribution is 5.85. The molecule has 0 unspecified atom stereocenters. The minimum absolute atomic E-state index is 0.0511. The second-order valence-electron chi connectivity index (χ2n) is 4.37. The highest BCUT2D eigenvalue weighted by Crippen LogP contribution is 2.28. The number of nitrogens with zero attached hydrogens (tertiary/aromatic N) is 2. The summed E-state index contributed by atoms with van der Waals surface area (Å²) in [5.41, 5.74) is 5.14. The van der Waals surface area contributed by atoms with Crippen molar-refractivity contribution < 1.29 is 9.84 Å². The minimum Gasteiger partial charge on any atom is -0.504 e. The number of phenolic OH excluding ortho intramolecular Hbond substituents is 1. The van der Waals surface area contributed by atoms with Crippen LogP contribution in [0.4, 0.5) is 5.95 Å². The molecule has 3 N–H and O–H groups in total. The first-order valence-corrected chi connectivity index (χ1v) is 6.38. The fourth-order valence-electron chi connectivity index (χ4n) is 1.98. The smallest absolute Gasteiger partial charge is 0.222 e. The van der Waals surface area contributed by atoms with Gasteiger partial charge in [-0.25, -0.2) is 10.4 Å². The summed E-state index contributed by atoms with van der Waals surface area (Å²) in [5, 5.41) is 14.0. The van der Waals surface area contributed by atoms with Gasteiger partial charge in [0.05, 0.1) is 24.4 Å². The predicted octanol–water partition coefficient (Wildman–Crippen LogP) is 2.72. The first kappa shape index (κ1) is 13.0. The number of ether oxygens (including phenoxy) is 1. The largest absolute Gasteiger partial charge is 0.504 e. The van der Waals surface area contributed by atoms with E-state index in [1.807, 2.05) is 24.3 Å². The fourth-order valence-corrected chi connectivity index (χ4v) is 1.98. The lowest BCUT2D eigenvalue weighted by Gasteiger charge is -2.04. The second kappa shape index (κ2) is 5.54. The van der Waals surface area contributed by atoms with Gasteiger partial charge in [-0.2, -0.15) is 5.10 Å². The number of hydrogen-bond acceptors (Lipinski definition) is 5. The molecule has 0 saturated heterocycles. The Morgan fingerprint density at radius 1 is 1.24 bits per heavy atom. The average Bonchev–Trinajstić information content (AvgIpc) is 2.91. The van der Waals surface area contributed by atoms with Gasteiger partial charge in [0.1, 0.15) is 0 Å². The average molecular weight is 282 g/mol. The Morgan fingerprint density at radius 2 is 2.10 bits per heavy atom. The Kier molecular flexibility index (Phi) is 3.42. The molecule has 0 amide bonds. The van der Waals surface area contributed by atoms with Crippen LogP contribution in [0.2, 0.25) is 0 Å². The van der Waals surface area contributed by atoms with Gasteiger partial charge in [0.2, 0.25) is 5.95 Å². The van der Waals surface area contributed by atoms with Crippen molar-refractivity contribution in [3.63, 3.8) is 0 Å². The maximum absolute atomic E-state index is 9.93. The maximum atomic E-state index is 9.93. The number of methoxy groups -OCH3 is 1. The van der Waals surface area contributed by atoms with Gasteiger partial charge in [-0.05, 0) is 24.3 Å². The molecule has 0 spiro atoms. The van der Waals surface area contributed by atoms with Crippen molar-refractivity contribution in [2.24, 2.45) is 5.10 Å². The van der Waals surface area contributed by atoms with E-state index in [1.165, 1.54) is 13.3 Å². The van der Waals surface area contributed by atoms with Crippen molar-refractivity contribution in [1.82, 2.24) is 9.97 Å². The van der Waals surface area contributed by atoms with Gasteiger partial charge in [-0.1, -0.05) is 18.2 Å². The summed E-state index contributed by atoms with van der Waals surface area (Å²) in [6, 6.07) is 12.9. The van der Waals surface area contributed by atoms with Gasteiger partial charge in [-0.3, -0.25) is 0 Å². The molecular formula is C15H14N4O2. The second-order valence-corrected chi connectivity index (χ2v) is 4.37. The molecule has 0 aliphatic rings. The van der Waals surface area contributed by atoms with Gasteiger partial charge < -0.3 is 14.8 Å². The van der Waals surface area contributed by atoms with Crippen LogP contribution in [0.1, 0.15) is 5.56 Å². The third-order valence-electron chi connectivity index (χ3n) is 3.01. The molecule has 0 atom stereocenters. The molecular weight excluding hydrogens is 268 g/mol. The molecule has 0 aliphatic heterocycles. The molecule has 1 aromatic heterocycles. The van der Waals surface area contributed by atoms with Crippen molar-refractivity contribution in [2.45, 2.75) is 0 Å². The zero-order chi connectivity index (χ0) is 14.7. The van der Waals surface area contributed by atoms with E-state index >= 15 is 0 Å². The van der Waals surface area contributed by atoms with Crippen LogP contribution >= 0.6 is 0 Å². The third kappa shape index (κ3) is 2.64. The van der Waals surface area contributed by atoms with Crippen LogP contribution in [-0.2, 0) is 0 Å². The third-order valence-corrected chi connectivity index (χ3v) is 3.01. The summed E-state index contributed by atoms with van der Waals surface area (Å²) in [7, 11) is 1.50. The number of aromatic nitrogens is 2. The number of para-hydroxylation sites is 3. The number of aromatic hydroxyl groups is 1. The van der Waals surface area contributed by atoms with Crippen molar-refractivity contribution in [2.75, 3.05) is 12.5 Å². The monoisotopic (exact) mass is 282 g/mol. The highest BCUT2D eigenvalue weighted by atomic mass is 16.5. The molecule has 3 rings (SSSR count). The fraction of sp³-hybridized carbons (Fsp3) is 0.0667. The molecule has 2 aromatic carbocycles. The molecule has 0 radical (unpaired) electrons. The zero-order valence-electron chi connectivity index (χ0n) is 11.4.